The van der Waals surface area contributed by atoms with Gasteiger partial charge in [-0.15, -0.1) is 0 Å². The first-order valence-corrected chi connectivity index (χ1v) is 8.29. The molecule has 3 rings (SSSR count). The Hall–Kier alpha value is -2.36. The first kappa shape index (κ1) is 15.5. The average molecular weight is 310 g/mol. The zero-order valence-corrected chi connectivity index (χ0v) is 13.8. The molecule has 4 heteroatoms. The van der Waals surface area contributed by atoms with E-state index in [-0.39, 0.29) is 0 Å². The second-order valence-electron chi connectivity index (χ2n) is 6.49. The van der Waals surface area contributed by atoms with Gasteiger partial charge in [0, 0.05) is 49.4 Å². The van der Waals surface area contributed by atoms with Gasteiger partial charge in [-0.2, -0.15) is 0 Å². The number of nitrogen functional groups attached to an aromatic ring is 2. The fraction of sp³-hybridized carbons (Fsp3) is 0.368. The van der Waals surface area contributed by atoms with Crippen molar-refractivity contribution >= 4 is 22.7 Å². The summed E-state index contributed by atoms with van der Waals surface area (Å²) in [7, 11) is 2.16. The second-order valence-corrected chi connectivity index (χ2v) is 6.49. The fourth-order valence-electron chi connectivity index (χ4n) is 3.28. The molecule has 23 heavy (non-hydrogen) atoms. The van der Waals surface area contributed by atoms with Gasteiger partial charge < -0.3 is 21.3 Å². The van der Waals surface area contributed by atoms with E-state index in [1.165, 1.54) is 24.2 Å². The lowest BCUT2D eigenvalue weighted by molar-refractivity contribution is 0.409. The van der Waals surface area contributed by atoms with Gasteiger partial charge in [0.1, 0.15) is 0 Å². The molecular weight excluding hydrogens is 284 g/mol. The first-order chi connectivity index (χ1) is 11.1. The maximum Gasteiger partial charge on any atom is 0.0367 e. The van der Waals surface area contributed by atoms with E-state index in [9.17, 15) is 0 Å². The van der Waals surface area contributed by atoms with E-state index in [4.69, 9.17) is 11.5 Å². The Labute approximate surface area is 138 Å². The summed E-state index contributed by atoms with van der Waals surface area (Å²) in [4.78, 5) is 4.79. The van der Waals surface area contributed by atoms with Crippen LogP contribution in [0.2, 0.25) is 0 Å². The average Bonchev–Trinajstić information content (AvgIpc) is 2.57. The quantitative estimate of drug-likeness (QED) is 0.851. The molecule has 2 aromatic rings. The maximum absolute atomic E-state index is 5.77. The summed E-state index contributed by atoms with van der Waals surface area (Å²) in [5.74, 6) is 0.739. The molecule has 0 spiro atoms. The van der Waals surface area contributed by atoms with Crippen LogP contribution in [-0.2, 0) is 0 Å². The number of benzene rings is 2. The van der Waals surface area contributed by atoms with Gasteiger partial charge in [-0.05, 0) is 67.3 Å². The molecule has 0 amide bonds. The molecule has 4 N–H and O–H groups in total. The number of nitrogens with two attached hydrogens (primary N) is 2. The highest BCUT2D eigenvalue weighted by atomic mass is 15.1. The highest BCUT2D eigenvalue weighted by Crippen LogP contribution is 2.26. The van der Waals surface area contributed by atoms with E-state index in [0.717, 1.165) is 36.9 Å². The molecule has 1 fully saturated rings. The van der Waals surface area contributed by atoms with Crippen molar-refractivity contribution in [1.29, 1.82) is 0 Å². The molecule has 0 aliphatic carbocycles. The minimum atomic E-state index is 0.739. The van der Waals surface area contributed by atoms with E-state index in [0.29, 0.717) is 0 Å². The molecule has 4 nitrogen and oxygen atoms in total. The van der Waals surface area contributed by atoms with Crippen molar-refractivity contribution in [1.82, 2.24) is 0 Å². The van der Waals surface area contributed by atoms with Crippen LogP contribution < -0.4 is 21.3 Å². The van der Waals surface area contributed by atoms with E-state index in [1.54, 1.807) is 0 Å². The Balaban J connectivity index is 1.52. The Kier molecular flexibility index (Phi) is 4.60. The van der Waals surface area contributed by atoms with Crippen LogP contribution in [0, 0.1) is 5.92 Å². The summed E-state index contributed by atoms with van der Waals surface area (Å²) in [6.07, 6.45) is 2.45. The largest absolute Gasteiger partial charge is 0.399 e. The van der Waals surface area contributed by atoms with Crippen LogP contribution in [0.15, 0.2) is 48.5 Å². The summed E-state index contributed by atoms with van der Waals surface area (Å²) < 4.78 is 0. The van der Waals surface area contributed by atoms with Gasteiger partial charge in [0.25, 0.3) is 0 Å². The van der Waals surface area contributed by atoms with Gasteiger partial charge in [-0.1, -0.05) is 0 Å². The van der Waals surface area contributed by atoms with Crippen LogP contribution in [0.5, 0.6) is 0 Å². The van der Waals surface area contributed by atoms with Crippen molar-refractivity contribution < 1.29 is 0 Å². The molecular formula is C19H26N4. The third-order valence-electron chi connectivity index (χ3n) is 4.74. The Morgan fingerprint density at radius 1 is 0.913 bits per heavy atom. The van der Waals surface area contributed by atoms with Gasteiger partial charge in [-0.3, -0.25) is 0 Å². The maximum atomic E-state index is 5.77. The number of piperidine rings is 1. The normalized spacial score (nSPS) is 15.6. The highest BCUT2D eigenvalue weighted by Gasteiger charge is 2.20. The fourth-order valence-corrected chi connectivity index (χ4v) is 3.28. The summed E-state index contributed by atoms with van der Waals surface area (Å²) in [5.41, 5.74) is 15.7. The number of hydrogen-bond donors (Lipinski definition) is 2. The third kappa shape index (κ3) is 3.89. The van der Waals surface area contributed by atoms with Crippen molar-refractivity contribution in [2.24, 2.45) is 5.92 Å². The topological polar surface area (TPSA) is 58.5 Å². The van der Waals surface area contributed by atoms with Gasteiger partial charge in [0.2, 0.25) is 0 Å². The molecule has 2 aromatic carbocycles. The third-order valence-corrected chi connectivity index (χ3v) is 4.74. The lowest BCUT2D eigenvalue weighted by Gasteiger charge is -2.35. The Morgan fingerprint density at radius 3 is 2.00 bits per heavy atom. The molecule has 0 atom stereocenters. The summed E-state index contributed by atoms with van der Waals surface area (Å²) in [6.45, 7) is 3.33. The van der Waals surface area contributed by atoms with E-state index >= 15 is 0 Å². The molecule has 1 aliphatic heterocycles. The first-order valence-electron chi connectivity index (χ1n) is 8.29. The number of rotatable bonds is 4. The lowest BCUT2D eigenvalue weighted by atomic mass is 9.95. The van der Waals surface area contributed by atoms with Crippen molar-refractivity contribution in [2.75, 3.05) is 47.9 Å². The summed E-state index contributed by atoms with van der Waals surface area (Å²) in [6, 6.07) is 16.3. The van der Waals surface area contributed by atoms with Crippen molar-refractivity contribution in [2.45, 2.75) is 12.8 Å². The van der Waals surface area contributed by atoms with Crippen LogP contribution in [0.3, 0.4) is 0 Å². The molecule has 0 aromatic heterocycles. The van der Waals surface area contributed by atoms with Crippen molar-refractivity contribution in [3.63, 3.8) is 0 Å². The van der Waals surface area contributed by atoms with Gasteiger partial charge in [0.05, 0.1) is 0 Å². The summed E-state index contributed by atoms with van der Waals surface area (Å²) in [5, 5.41) is 0. The van der Waals surface area contributed by atoms with Gasteiger partial charge in [-0.25, -0.2) is 0 Å². The SMILES string of the molecule is CN(CC1CCN(c2ccc(N)cc2)CC1)c1ccc(N)cc1. The number of hydrogen-bond acceptors (Lipinski definition) is 4. The van der Waals surface area contributed by atoms with E-state index in [1.807, 2.05) is 24.3 Å². The van der Waals surface area contributed by atoms with Crippen molar-refractivity contribution in [3.8, 4) is 0 Å². The number of anilines is 4. The molecule has 122 valence electrons. The molecule has 0 radical (unpaired) electrons. The minimum absolute atomic E-state index is 0.739. The van der Waals surface area contributed by atoms with Crippen LogP contribution in [0.1, 0.15) is 12.8 Å². The van der Waals surface area contributed by atoms with Gasteiger partial charge in [0.15, 0.2) is 0 Å². The highest BCUT2D eigenvalue weighted by molar-refractivity contribution is 5.54. The molecule has 1 heterocycles. The predicted molar refractivity (Wildman–Crippen MR) is 99.9 cm³/mol. The molecule has 1 aliphatic rings. The summed E-state index contributed by atoms with van der Waals surface area (Å²) >= 11 is 0. The molecule has 0 saturated carbocycles. The van der Waals surface area contributed by atoms with Crippen LogP contribution in [0.25, 0.3) is 0 Å². The van der Waals surface area contributed by atoms with Crippen LogP contribution in [0.4, 0.5) is 22.7 Å². The zero-order valence-electron chi connectivity index (χ0n) is 13.8. The van der Waals surface area contributed by atoms with Crippen LogP contribution in [-0.4, -0.2) is 26.7 Å². The predicted octanol–water partition coefficient (Wildman–Crippen LogP) is 3.20. The molecule has 1 saturated heterocycles. The number of nitrogens with zero attached hydrogens (tertiary/aromatic N) is 2. The monoisotopic (exact) mass is 310 g/mol. The Morgan fingerprint density at radius 2 is 1.43 bits per heavy atom. The van der Waals surface area contributed by atoms with Crippen LogP contribution >= 0.6 is 0 Å². The molecule has 0 bridgehead atoms. The van der Waals surface area contributed by atoms with Crippen molar-refractivity contribution in [3.05, 3.63) is 48.5 Å². The standard InChI is InChI=1S/C19H26N4/c1-22(18-6-2-16(20)3-7-18)14-15-10-12-23(13-11-15)19-8-4-17(21)5-9-19/h2-9,15H,10-14,20-21H2,1H3. The van der Waals surface area contributed by atoms with E-state index < -0.39 is 0 Å². The molecule has 0 unspecified atom stereocenters. The van der Waals surface area contributed by atoms with E-state index in [2.05, 4.69) is 41.1 Å². The Bertz CT molecular complexity index is 613. The smallest absolute Gasteiger partial charge is 0.0367 e. The van der Waals surface area contributed by atoms with Gasteiger partial charge >= 0.3 is 0 Å². The lowest BCUT2D eigenvalue weighted by Crippen LogP contribution is -2.37. The minimum Gasteiger partial charge on any atom is -0.399 e. The second kappa shape index (κ2) is 6.82. The zero-order chi connectivity index (χ0) is 16.2.